The van der Waals surface area contributed by atoms with Gasteiger partial charge >= 0.3 is 0 Å². The number of fused-ring (bicyclic) bond motifs is 1. The predicted molar refractivity (Wildman–Crippen MR) is 77.2 cm³/mol. The summed E-state index contributed by atoms with van der Waals surface area (Å²) >= 11 is 0. The second kappa shape index (κ2) is 5.34. The first-order valence-electron chi connectivity index (χ1n) is 6.69. The summed E-state index contributed by atoms with van der Waals surface area (Å²) in [4.78, 5) is 11.6. The Balaban J connectivity index is 2.64. The van der Waals surface area contributed by atoms with Crippen molar-refractivity contribution in [3.05, 3.63) is 30.0 Å². The van der Waals surface area contributed by atoms with E-state index in [2.05, 4.69) is 55.8 Å². The van der Waals surface area contributed by atoms with Gasteiger partial charge in [-0.15, -0.1) is 0 Å². The maximum atomic E-state index is 4.76. The van der Waals surface area contributed by atoms with E-state index in [1.165, 1.54) is 5.39 Å². The van der Waals surface area contributed by atoms with Gasteiger partial charge in [0.1, 0.15) is 0 Å². The van der Waals surface area contributed by atoms with E-state index < -0.39 is 0 Å². The minimum absolute atomic E-state index is 0.409. The lowest BCUT2D eigenvalue weighted by Gasteiger charge is -2.20. The topological polar surface area (TPSA) is 29.0 Å². The van der Waals surface area contributed by atoms with E-state index >= 15 is 0 Å². The highest BCUT2D eigenvalue weighted by Crippen LogP contribution is 2.24. The number of anilines is 1. The molecule has 0 amide bonds. The lowest BCUT2D eigenvalue weighted by molar-refractivity contribution is 0.786. The van der Waals surface area contributed by atoms with Crippen LogP contribution in [0.4, 0.5) is 5.95 Å². The van der Waals surface area contributed by atoms with Gasteiger partial charge in [0.25, 0.3) is 0 Å². The molecule has 0 aliphatic heterocycles. The number of hydrogen-bond acceptors (Lipinski definition) is 3. The molecule has 0 fully saturated rings. The Bertz CT molecular complexity index is 530. The molecule has 2 rings (SSSR count). The normalized spacial score (nSPS) is 11.2. The summed E-state index contributed by atoms with van der Waals surface area (Å²) in [5, 5.41) is 1.17. The second-order valence-corrected chi connectivity index (χ2v) is 4.75. The quantitative estimate of drug-likeness (QED) is 0.821. The smallest absolute Gasteiger partial charge is 0.226 e. The van der Waals surface area contributed by atoms with Crippen molar-refractivity contribution in [1.29, 1.82) is 0 Å². The van der Waals surface area contributed by atoms with Gasteiger partial charge in [0.2, 0.25) is 5.95 Å². The highest BCUT2D eigenvalue weighted by molar-refractivity contribution is 5.82. The SMILES string of the molecule is CCN(CC)c1nc(C(C)C)c2ccccc2n1. The van der Waals surface area contributed by atoms with E-state index in [1.807, 2.05) is 6.07 Å². The lowest BCUT2D eigenvalue weighted by atomic mass is 10.0. The lowest BCUT2D eigenvalue weighted by Crippen LogP contribution is -2.24. The van der Waals surface area contributed by atoms with Crippen molar-refractivity contribution in [2.45, 2.75) is 33.6 Å². The standard InChI is InChI=1S/C15H21N3/c1-5-18(6-2)15-16-13-10-8-7-9-12(13)14(17-15)11(3)4/h7-11H,5-6H2,1-4H3. The third kappa shape index (κ3) is 2.30. The summed E-state index contributed by atoms with van der Waals surface area (Å²) < 4.78 is 0. The molecule has 2 aromatic rings. The summed E-state index contributed by atoms with van der Waals surface area (Å²) in [6.45, 7) is 10.5. The number of nitrogens with zero attached hydrogens (tertiary/aromatic N) is 3. The number of rotatable bonds is 4. The average Bonchev–Trinajstić information content (AvgIpc) is 2.39. The number of benzene rings is 1. The van der Waals surface area contributed by atoms with Crippen molar-refractivity contribution in [2.24, 2.45) is 0 Å². The van der Waals surface area contributed by atoms with Crippen molar-refractivity contribution in [2.75, 3.05) is 18.0 Å². The molecule has 3 heteroatoms. The fraction of sp³-hybridized carbons (Fsp3) is 0.467. The van der Waals surface area contributed by atoms with Gasteiger partial charge in [-0.05, 0) is 25.8 Å². The zero-order valence-corrected chi connectivity index (χ0v) is 11.6. The fourth-order valence-corrected chi connectivity index (χ4v) is 2.18. The zero-order chi connectivity index (χ0) is 13.1. The average molecular weight is 243 g/mol. The van der Waals surface area contributed by atoms with Crippen molar-refractivity contribution in [3.8, 4) is 0 Å². The van der Waals surface area contributed by atoms with Crippen LogP contribution in [0.15, 0.2) is 24.3 Å². The molecule has 1 aromatic heterocycles. The molecule has 0 saturated heterocycles. The molecule has 0 unspecified atom stereocenters. The van der Waals surface area contributed by atoms with Gasteiger partial charge in [0.15, 0.2) is 0 Å². The van der Waals surface area contributed by atoms with E-state index in [-0.39, 0.29) is 0 Å². The van der Waals surface area contributed by atoms with Gasteiger partial charge in [-0.1, -0.05) is 32.0 Å². The summed E-state index contributed by atoms with van der Waals surface area (Å²) in [7, 11) is 0. The van der Waals surface area contributed by atoms with Gasteiger partial charge in [-0.25, -0.2) is 9.97 Å². The van der Waals surface area contributed by atoms with Crippen molar-refractivity contribution in [3.63, 3.8) is 0 Å². The Morgan fingerprint density at radius 3 is 2.33 bits per heavy atom. The van der Waals surface area contributed by atoms with E-state index in [1.54, 1.807) is 0 Å². The molecule has 0 aliphatic carbocycles. The maximum absolute atomic E-state index is 4.76. The maximum Gasteiger partial charge on any atom is 0.226 e. The molecular weight excluding hydrogens is 222 g/mol. The molecule has 0 aliphatic rings. The van der Waals surface area contributed by atoms with Gasteiger partial charge in [0.05, 0.1) is 11.2 Å². The predicted octanol–water partition coefficient (Wildman–Crippen LogP) is 3.60. The molecule has 1 aromatic carbocycles. The summed E-state index contributed by atoms with van der Waals surface area (Å²) in [6.07, 6.45) is 0. The second-order valence-electron chi connectivity index (χ2n) is 4.75. The molecule has 3 nitrogen and oxygen atoms in total. The molecular formula is C15H21N3. The van der Waals surface area contributed by atoms with Crippen molar-refractivity contribution < 1.29 is 0 Å². The summed E-state index contributed by atoms with van der Waals surface area (Å²) in [5.41, 5.74) is 2.18. The summed E-state index contributed by atoms with van der Waals surface area (Å²) in [6, 6.07) is 8.26. The number of aromatic nitrogens is 2. The van der Waals surface area contributed by atoms with Crippen LogP contribution in [0.1, 0.15) is 39.3 Å². The molecule has 0 bridgehead atoms. The van der Waals surface area contributed by atoms with Crippen LogP contribution in [-0.2, 0) is 0 Å². The fourth-order valence-electron chi connectivity index (χ4n) is 2.18. The Labute approximate surface area is 109 Å². The first-order valence-corrected chi connectivity index (χ1v) is 6.69. The highest BCUT2D eigenvalue weighted by atomic mass is 15.2. The van der Waals surface area contributed by atoms with Crippen LogP contribution in [-0.4, -0.2) is 23.1 Å². The highest BCUT2D eigenvalue weighted by Gasteiger charge is 2.13. The molecule has 0 spiro atoms. The van der Waals surface area contributed by atoms with E-state index in [4.69, 9.17) is 4.98 Å². The first kappa shape index (κ1) is 12.8. The van der Waals surface area contributed by atoms with E-state index in [9.17, 15) is 0 Å². The Kier molecular flexibility index (Phi) is 3.80. The van der Waals surface area contributed by atoms with Gasteiger partial charge in [0, 0.05) is 18.5 Å². The Morgan fingerprint density at radius 1 is 1.06 bits per heavy atom. The van der Waals surface area contributed by atoms with Crippen LogP contribution in [0.2, 0.25) is 0 Å². The van der Waals surface area contributed by atoms with Crippen LogP contribution >= 0.6 is 0 Å². The van der Waals surface area contributed by atoms with E-state index in [0.29, 0.717) is 5.92 Å². The van der Waals surface area contributed by atoms with Crippen molar-refractivity contribution in [1.82, 2.24) is 9.97 Å². The van der Waals surface area contributed by atoms with Gasteiger partial charge in [-0.3, -0.25) is 0 Å². The monoisotopic (exact) mass is 243 g/mol. The van der Waals surface area contributed by atoms with Crippen LogP contribution in [0.3, 0.4) is 0 Å². The molecule has 18 heavy (non-hydrogen) atoms. The van der Waals surface area contributed by atoms with E-state index in [0.717, 1.165) is 30.2 Å². The number of hydrogen-bond donors (Lipinski definition) is 0. The molecule has 0 atom stereocenters. The van der Waals surface area contributed by atoms with Gasteiger partial charge in [-0.2, -0.15) is 0 Å². The molecule has 0 radical (unpaired) electrons. The third-order valence-electron chi connectivity index (χ3n) is 3.21. The minimum atomic E-state index is 0.409. The van der Waals surface area contributed by atoms with Gasteiger partial charge < -0.3 is 4.90 Å². The molecule has 96 valence electrons. The number of para-hydroxylation sites is 1. The Morgan fingerprint density at radius 2 is 1.72 bits per heavy atom. The van der Waals surface area contributed by atoms with Crippen molar-refractivity contribution >= 4 is 16.9 Å². The molecule has 0 saturated carbocycles. The third-order valence-corrected chi connectivity index (χ3v) is 3.21. The molecule has 0 N–H and O–H groups in total. The summed E-state index contributed by atoms with van der Waals surface area (Å²) in [5.74, 6) is 1.26. The first-order chi connectivity index (χ1) is 8.67. The van der Waals surface area contributed by atoms with Crippen LogP contribution < -0.4 is 4.90 Å². The van der Waals surface area contributed by atoms with Crippen LogP contribution in [0.25, 0.3) is 10.9 Å². The van der Waals surface area contributed by atoms with Crippen LogP contribution in [0.5, 0.6) is 0 Å². The zero-order valence-electron chi connectivity index (χ0n) is 11.6. The Hall–Kier alpha value is -1.64. The largest absolute Gasteiger partial charge is 0.341 e. The molecule has 1 heterocycles. The van der Waals surface area contributed by atoms with Crippen LogP contribution in [0, 0.1) is 0 Å². The minimum Gasteiger partial charge on any atom is -0.341 e.